The molecule has 0 fully saturated rings. The van der Waals surface area contributed by atoms with Crippen LogP contribution in [0.2, 0.25) is 0 Å². The predicted octanol–water partition coefficient (Wildman–Crippen LogP) is 4.37. The number of benzene rings is 2. The zero-order valence-electron chi connectivity index (χ0n) is 12.6. The van der Waals surface area contributed by atoms with Gasteiger partial charge in [0.1, 0.15) is 0 Å². The second kappa shape index (κ2) is 5.88. The minimum atomic E-state index is -0.213. The Hall–Kier alpha value is -1.13. The van der Waals surface area contributed by atoms with E-state index in [0.29, 0.717) is 0 Å². The maximum atomic E-state index is 2.36. The lowest BCUT2D eigenvalue weighted by Gasteiger charge is -2.19. The number of hydrogen-bond acceptors (Lipinski definition) is 0. The van der Waals surface area contributed by atoms with E-state index >= 15 is 0 Å². The quantitative estimate of drug-likeness (QED) is 0.726. The summed E-state index contributed by atoms with van der Waals surface area (Å²) in [4.78, 5) is 0. The summed E-state index contributed by atoms with van der Waals surface area (Å²) in [5.74, 6) is 0. The first-order valence-electron chi connectivity index (χ1n) is 6.93. The van der Waals surface area contributed by atoms with Gasteiger partial charge in [0.15, 0.2) is 0 Å². The van der Waals surface area contributed by atoms with E-state index in [0.717, 1.165) is 0 Å². The van der Waals surface area contributed by atoms with Crippen molar-refractivity contribution in [1.82, 2.24) is 0 Å². The molecule has 0 heterocycles. The van der Waals surface area contributed by atoms with Crippen molar-refractivity contribution >= 4 is 18.5 Å². The Morgan fingerprint density at radius 1 is 0.632 bits per heavy atom. The van der Waals surface area contributed by atoms with Gasteiger partial charge in [0.05, 0.1) is 0 Å². The summed E-state index contributed by atoms with van der Waals surface area (Å²) in [6.07, 6.45) is 1.21. The highest BCUT2D eigenvalue weighted by molar-refractivity contribution is 7.72. The fourth-order valence-electron chi connectivity index (χ4n) is 2.73. The smallest absolute Gasteiger partial charge is 0.0190 e. The third kappa shape index (κ3) is 3.45. The molecule has 2 rings (SSSR count). The topological polar surface area (TPSA) is 0 Å². The number of aryl methyl sites for hydroxylation is 4. The van der Waals surface area contributed by atoms with Gasteiger partial charge in [-0.3, -0.25) is 0 Å². The SMILES string of the molecule is CCP(c1cc(C)cc(C)c1)c1cc(C)cc(C)c1. The van der Waals surface area contributed by atoms with Gasteiger partial charge < -0.3 is 0 Å². The van der Waals surface area contributed by atoms with Crippen molar-refractivity contribution in [2.45, 2.75) is 34.6 Å². The van der Waals surface area contributed by atoms with Gasteiger partial charge in [0.25, 0.3) is 0 Å². The summed E-state index contributed by atoms with van der Waals surface area (Å²) >= 11 is 0. The monoisotopic (exact) mass is 270 g/mol. The summed E-state index contributed by atoms with van der Waals surface area (Å²) in [6.45, 7) is 11.1. The van der Waals surface area contributed by atoms with Crippen LogP contribution in [-0.2, 0) is 0 Å². The molecule has 0 radical (unpaired) electrons. The molecule has 0 bridgehead atoms. The van der Waals surface area contributed by atoms with E-state index in [-0.39, 0.29) is 7.92 Å². The van der Waals surface area contributed by atoms with E-state index in [4.69, 9.17) is 0 Å². The van der Waals surface area contributed by atoms with Gasteiger partial charge in [0, 0.05) is 0 Å². The molecule has 0 amide bonds. The summed E-state index contributed by atoms with van der Waals surface area (Å²) in [6, 6.07) is 14.0. The molecule has 2 aromatic carbocycles. The Morgan fingerprint density at radius 2 is 0.947 bits per heavy atom. The van der Waals surface area contributed by atoms with E-state index in [1.165, 1.54) is 39.0 Å². The van der Waals surface area contributed by atoms with Gasteiger partial charge in [-0.1, -0.05) is 65.6 Å². The maximum absolute atomic E-state index is 2.36. The van der Waals surface area contributed by atoms with Crippen LogP contribution in [0.4, 0.5) is 0 Å². The first-order chi connectivity index (χ1) is 8.99. The lowest BCUT2D eigenvalue weighted by Crippen LogP contribution is -2.15. The van der Waals surface area contributed by atoms with Gasteiger partial charge in [0.2, 0.25) is 0 Å². The molecule has 1 heteroatoms. The van der Waals surface area contributed by atoms with Crippen molar-refractivity contribution in [3.05, 3.63) is 58.7 Å². The van der Waals surface area contributed by atoms with Gasteiger partial charge in [-0.05, 0) is 52.4 Å². The Kier molecular flexibility index (Phi) is 4.42. The largest absolute Gasteiger partial charge is 0.0608 e. The van der Waals surface area contributed by atoms with Crippen molar-refractivity contribution in [1.29, 1.82) is 0 Å². The minimum Gasteiger partial charge on any atom is -0.0608 e. The second-order valence-electron chi connectivity index (χ2n) is 5.44. The molecular weight excluding hydrogens is 247 g/mol. The fraction of sp³-hybridized carbons (Fsp3) is 0.333. The maximum Gasteiger partial charge on any atom is -0.0190 e. The van der Waals surface area contributed by atoms with Crippen LogP contribution >= 0.6 is 7.92 Å². The molecule has 0 nitrogen and oxygen atoms in total. The average molecular weight is 270 g/mol. The zero-order valence-corrected chi connectivity index (χ0v) is 13.5. The molecule has 0 saturated heterocycles. The van der Waals surface area contributed by atoms with Crippen molar-refractivity contribution in [2.75, 3.05) is 6.16 Å². The van der Waals surface area contributed by atoms with Crippen LogP contribution in [0, 0.1) is 27.7 Å². The summed E-state index contributed by atoms with van der Waals surface area (Å²) in [7, 11) is -0.213. The first kappa shape index (κ1) is 14.3. The Morgan fingerprint density at radius 3 is 1.21 bits per heavy atom. The predicted molar refractivity (Wildman–Crippen MR) is 88.6 cm³/mol. The second-order valence-corrected chi connectivity index (χ2v) is 7.96. The van der Waals surface area contributed by atoms with Gasteiger partial charge in [-0.25, -0.2) is 0 Å². The molecular formula is C18H23P. The molecule has 19 heavy (non-hydrogen) atoms. The summed E-state index contributed by atoms with van der Waals surface area (Å²) in [5, 5.41) is 3.03. The summed E-state index contributed by atoms with van der Waals surface area (Å²) in [5.41, 5.74) is 5.50. The molecule has 0 atom stereocenters. The van der Waals surface area contributed by atoms with Crippen molar-refractivity contribution in [2.24, 2.45) is 0 Å². The highest BCUT2D eigenvalue weighted by Gasteiger charge is 2.13. The molecule has 0 saturated carbocycles. The number of rotatable bonds is 3. The highest BCUT2D eigenvalue weighted by Crippen LogP contribution is 2.34. The molecule has 0 aromatic heterocycles. The Balaban J connectivity index is 2.49. The number of hydrogen-bond donors (Lipinski definition) is 0. The van der Waals surface area contributed by atoms with Crippen LogP contribution in [0.25, 0.3) is 0 Å². The molecule has 2 aromatic rings. The van der Waals surface area contributed by atoms with Gasteiger partial charge in [-0.2, -0.15) is 0 Å². The average Bonchev–Trinajstić information content (AvgIpc) is 2.27. The fourth-order valence-corrected chi connectivity index (χ4v) is 5.19. The van der Waals surface area contributed by atoms with E-state index in [2.05, 4.69) is 71.0 Å². The van der Waals surface area contributed by atoms with Crippen molar-refractivity contribution in [3.63, 3.8) is 0 Å². The third-order valence-corrected chi connectivity index (χ3v) is 5.75. The van der Waals surface area contributed by atoms with Crippen LogP contribution in [0.15, 0.2) is 36.4 Å². The van der Waals surface area contributed by atoms with Crippen molar-refractivity contribution < 1.29 is 0 Å². The molecule has 0 aliphatic rings. The molecule has 0 spiro atoms. The van der Waals surface area contributed by atoms with Crippen molar-refractivity contribution in [3.8, 4) is 0 Å². The zero-order chi connectivity index (χ0) is 14.0. The van der Waals surface area contributed by atoms with E-state index < -0.39 is 0 Å². The van der Waals surface area contributed by atoms with Crippen LogP contribution in [0.5, 0.6) is 0 Å². The highest BCUT2D eigenvalue weighted by atomic mass is 31.1. The Labute approximate surface area is 118 Å². The van der Waals surface area contributed by atoms with Crippen LogP contribution in [0.1, 0.15) is 29.2 Å². The Bertz CT molecular complexity index is 492. The summed E-state index contributed by atoms with van der Waals surface area (Å²) < 4.78 is 0. The normalized spacial score (nSPS) is 11.1. The van der Waals surface area contributed by atoms with E-state index in [1.807, 2.05) is 0 Å². The van der Waals surface area contributed by atoms with Crippen LogP contribution in [-0.4, -0.2) is 6.16 Å². The van der Waals surface area contributed by atoms with Gasteiger partial charge >= 0.3 is 0 Å². The molecule has 0 aliphatic heterocycles. The minimum absolute atomic E-state index is 0.213. The van der Waals surface area contributed by atoms with Crippen LogP contribution in [0.3, 0.4) is 0 Å². The standard InChI is InChI=1S/C18H23P/c1-6-19(17-9-13(2)7-14(3)10-17)18-11-15(4)8-16(5)12-18/h7-12H,6H2,1-5H3. The molecule has 100 valence electrons. The molecule has 0 unspecified atom stereocenters. The first-order valence-corrected chi connectivity index (χ1v) is 8.46. The molecule has 0 N–H and O–H groups in total. The third-order valence-electron chi connectivity index (χ3n) is 3.35. The van der Waals surface area contributed by atoms with E-state index in [9.17, 15) is 0 Å². The molecule has 0 aliphatic carbocycles. The lowest BCUT2D eigenvalue weighted by atomic mass is 10.2. The van der Waals surface area contributed by atoms with E-state index in [1.54, 1.807) is 0 Å². The lowest BCUT2D eigenvalue weighted by molar-refractivity contribution is 1.39. The van der Waals surface area contributed by atoms with Gasteiger partial charge in [-0.15, -0.1) is 0 Å². The van der Waals surface area contributed by atoms with Crippen LogP contribution < -0.4 is 10.6 Å².